The summed E-state index contributed by atoms with van der Waals surface area (Å²) in [6, 6.07) is 21.4. The fraction of sp³-hybridized carbons (Fsp3) is 0.182. The molecule has 0 radical (unpaired) electrons. The highest BCUT2D eigenvalue weighted by atomic mass is 35.5. The second-order valence-corrected chi connectivity index (χ2v) is 6.89. The van der Waals surface area contributed by atoms with Gasteiger partial charge in [0.25, 0.3) is 0 Å². The summed E-state index contributed by atoms with van der Waals surface area (Å²) in [5.74, 6) is 1.71. The zero-order valence-corrected chi connectivity index (χ0v) is 17.8. The van der Waals surface area contributed by atoms with E-state index in [0.717, 1.165) is 28.2 Å². The van der Waals surface area contributed by atoms with Crippen LogP contribution in [0.5, 0.6) is 11.5 Å². The van der Waals surface area contributed by atoms with E-state index in [4.69, 9.17) is 32.7 Å². The van der Waals surface area contributed by atoms with Crippen molar-refractivity contribution in [3.63, 3.8) is 0 Å². The SMILES string of the molecule is COc1ccccc1CNCc1ccccc1OCc1ccc(Cl)cc1Cl.Cl. The van der Waals surface area contributed by atoms with Crippen LogP contribution in [-0.4, -0.2) is 7.11 Å². The highest BCUT2D eigenvalue weighted by molar-refractivity contribution is 6.35. The average molecular weight is 439 g/mol. The molecule has 0 spiro atoms. The summed E-state index contributed by atoms with van der Waals surface area (Å²) >= 11 is 12.2. The number of ether oxygens (including phenoxy) is 2. The molecule has 3 rings (SSSR count). The second kappa shape index (κ2) is 11.2. The lowest BCUT2D eigenvalue weighted by Gasteiger charge is -2.14. The molecular weight excluding hydrogens is 417 g/mol. The summed E-state index contributed by atoms with van der Waals surface area (Å²) in [4.78, 5) is 0. The number of hydrogen-bond acceptors (Lipinski definition) is 3. The third-order valence-corrected chi connectivity index (χ3v) is 4.78. The van der Waals surface area contributed by atoms with Gasteiger partial charge >= 0.3 is 0 Å². The number of methoxy groups -OCH3 is 1. The summed E-state index contributed by atoms with van der Waals surface area (Å²) in [6.45, 7) is 1.78. The smallest absolute Gasteiger partial charge is 0.124 e. The first-order valence-electron chi connectivity index (χ1n) is 8.64. The van der Waals surface area contributed by atoms with Crippen LogP contribution in [0.2, 0.25) is 10.0 Å². The van der Waals surface area contributed by atoms with Crippen molar-refractivity contribution in [3.05, 3.63) is 93.5 Å². The van der Waals surface area contributed by atoms with Gasteiger partial charge in [0.1, 0.15) is 18.1 Å². The number of hydrogen-bond donors (Lipinski definition) is 1. The maximum absolute atomic E-state index is 6.23. The van der Waals surface area contributed by atoms with Gasteiger partial charge in [-0.25, -0.2) is 0 Å². The maximum Gasteiger partial charge on any atom is 0.124 e. The summed E-state index contributed by atoms with van der Waals surface area (Å²) in [5.41, 5.74) is 3.10. The van der Waals surface area contributed by atoms with E-state index in [1.165, 1.54) is 0 Å². The van der Waals surface area contributed by atoms with E-state index in [2.05, 4.69) is 11.4 Å². The van der Waals surface area contributed by atoms with Crippen LogP contribution in [0, 0.1) is 0 Å². The predicted molar refractivity (Wildman–Crippen MR) is 118 cm³/mol. The minimum Gasteiger partial charge on any atom is -0.496 e. The number of rotatable bonds is 8. The first kappa shape index (κ1) is 22.4. The zero-order valence-electron chi connectivity index (χ0n) is 15.5. The van der Waals surface area contributed by atoms with Crippen molar-refractivity contribution in [3.8, 4) is 11.5 Å². The molecule has 6 heteroatoms. The van der Waals surface area contributed by atoms with Crippen molar-refractivity contribution < 1.29 is 9.47 Å². The van der Waals surface area contributed by atoms with Crippen LogP contribution >= 0.6 is 35.6 Å². The predicted octanol–water partition coefficient (Wildman–Crippen LogP) is 6.29. The molecule has 0 bridgehead atoms. The standard InChI is InChI=1S/C22H21Cl2NO2.ClH/c1-26-21-8-4-2-6-16(21)13-25-14-17-7-3-5-9-22(17)27-15-18-10-11-19(23)12-20(18)24;/h2-12,25H,13-15H2,1H3;1H. The molecule has 0 atom stereocenters. The Labute approximate surface area is 182 Å². The van der Waals surface area contributed by atoms with Gasteiger partial charge in [-0.2, -0.15) is 0 Å². The van der Waals surface area contributed by atoms with Crippen LogP contribution in [-0.2, 0) is 19.7 Å². The lowest BCUT2D eigenvalue weighted by molar-refractivity contribution is 0.302. The summed E-state index contributed by atoms with van der Waals surface area (Å²) in [7, 11) is 1.68. The first-order valence-corrected chi connectivity index (χ1v) is 9.40. The molecule has 28 heavy (non-hydrogen) atoms. The van der Waals surface area contributed by atoms with Gasteiger partial charge < -0.3 is 14.8 Å². The Morgan fingerprint density at radius 2 is 1.39 bits per heavy atom. The van der Waals surface area contributed by atoms with Crippen LogP contribution in [0.3, 0.4) is 0 Å². The molecule has 0 amide bonds. The van der Waals surface area contributed by atoms with Crippen LogP contribution in [0.4, 0.5) is 0 Å². The van der Waals surface area contributed by atoms with Crippen molar-refractivity contribution in [1.82, 2.24) is 5.32 Å². The van der Waals surface area contributed by atoms with E-state index >= 15 is 0 Å². The van der Waals surface area contributed by atoms with Crippen molar-refractivity contribution in [1.29, 1.82) is 0 Å². The van der Waals surface area contributed by atoms with Crippen LogP contribution in [0.25, 0.3) is 0 Å². The van der Waals surface area contributed by atoms with E-state index in [-0.39, 0.29) is 12.4 Å². The molecule has 0 aliphatic heterocycles. The molecule has 0 aliphatic carbocycles. The molecule has 0 fully saturated rings. The van der Waals surface area contributed by atoms with Gasteiger partial charge in [0.05, 0.1) is 7.11 Å². The van der Waals surface area contributed by atoms with Gasteiger partial charge in [-0.3, -0.25) is 0 Å². The fourth-order valence-electron chi connectivity index (χ4n) is 2.77. The Kier molecular flexibility index (Phi) is 8.94. The third kappa shape index (κ3) is 6.05. The van der Waals surface area contributed by atoms with Gasteiger partial charge in [0, 0.05) is 39.8 Å². The topological polar surface area (TPSA) is 30.5 Å². The van der Waals surface area contributed by atoms with Gasteiger partial charge in [-0.05, 0) is 24.3 Å². The largest absolute Gasteiger partial charge is 0.496 e. The highest BCUT2D eigenvalue weighted by Gasteiger charge is 2.07. The highest BCUT2D eigenvalue weighted by Crippen LogP contribution is 2.24. The van der Waals surface area contributed by atoms with Gasteiger partial charge in [-0.15, -0.1) is 12.4 Å². The molecule has 0 heterocycles. The van der Waals surface area contributed by atoms with Crippen LogP contribution in [0.15, 0.2) is 66.7 Å². The van der Waals surface area contributed by atoms with E-state index in [0.29, 0.717) is 29.7 Å². The Morgan fingerprint density at radius 1 is 0.786 bits per heavy atom. The minimum atomic E-state index is 0. The molecular formula is C22H22Cl3NO2. The second-order valence-electron chi connectivity index (χ2n) is 6.05. The average Bonchev–Trinajstić information content (AvgIpc) is 2.68. The van der Waals surface area contributed by atoms with Crippen molar-refractivity contribution in [2.24, 2.45) is 0 Å². The molecule has 0 aliphatic rings. The van der Waals surface area contributed by atoms with E-state index < -0.39 is 0 Å². The Hall–Kier alpha value is -1.91. The molecule has 0 unspecified atom stereocenters. The minimum absolute atomic E-state index is 0. The molecule has 148 valence electrons. The van der Waals surface area contributed by atoms with Crippen LogP contribution in [0.1, 0.15) is 16.7 Å². The van der Waals surface area contributed by atoms with Crippen molar-refractivity contribution >= 4 is 35.6 Å². The number of halogens is 3. The molecule has 1 N–H and O–H groups in total. The summed E-state index contributed by atoms with van der Waals surface area (Å²) in [6.07, 6.45) is 0. The van der Waals surface area contributed by atoms with E-state index in [9.17, 15) is 0 Å². The summed E-state index contributed by atoms with van der Waals surface area (Å²) < 4.78 is 11.4. The maximum atomic E-state index is 6.23. The Bertz CT molecular complexity index is 902. The van der Waals surface area contributed by atoms with E-state index in [1.807, 2.05) is 54.6 Å². The van der Waals surface area contributed by atoms with Gasteiger partial charge in [0.15, 0.2) is 0 Å². The van der Waals surface area contributed by atoms with Crippen LogP contribution < -0.4 is 14.8 Å². The zero-order chi connectivity index (χ0) is 19.1. The molecule has 3 aromatic rings. The number of nitrogens with one attached hydrogen (secondary N) is 1. The lowest BCUT2D eigenvalue weighted by Crippen LogP contribution is -2.14. The Morgan fingerprint density at radius 3 is 2.04 bits per heavy atom. The summed E-state index contributed by atoms with van der Waals surface area (Å²) in [5, 5.41) is 4.67. The monoisotopic (exact) mass is 437 g/mol. The molecule has 0 saturated carbocycles. The lowest BCUT2D eigenvalue weighted by atomic mass is 10.1. The van der Waals surface area contributed by atoms with Gasteiger partial charge in [-0.1, -0.05) is 65.7 Å². The Balaban J connectivity index is 0.00000280. The third-order valence-electron chi connectivity index (χ3n) is 4.19. The fourth-order valence-corrected chi connectivity index (χ4v) is 3.23. The first-order chi connectivity index (χ1) is 13.2. The normalized spacial score (nSPS) is 10.2. The molecule has 0 aromatic heterocycles. The number of benzene rings is 3. The molecule has 3 aromatic carbocycles. The van der Waals surface area contributed by atoms with Gasteiger partial charge in [0.2, 0.25) is 0 Å². The quantitative estimate of drug-likeness (QED) is 0.448. The molecule has 3 nitrogen and oxygen atoms in total. The number of para-hydroxylation sites is 2. The van der Waals surface area contributed by atoms with E-state index in [1.54, 1.807) is 13.2 Å². The van der Waals surface area contributed by atoms with Crippen molar-refractivity contribution in [2.45, 2.75) is 19.7 Å². The molecule has 0 saturated heterocycles. The van der Waals surface area contributed by atoms with Crippen molar-refractivity contribution in [2.75, 3.05) is 7.11 Å².